The molecule has 0 spiro atoms. The zero-order valence-electron chi connectivity index (χ0n) is 26.0. The van der Waals surface area contributed by atoms with E-state index in [0.717, 1.165) is 43.3 Å². The van der Waals surface area contributed by atoms with Crippen molar-refractivity contribution in [3.8, 4) is 22.5 Å². The van der Waals surface area contributed by atoms with Gasteiger partial charge in [0, 0.05) is 64.2 Å². The molecule has 1 aliphatic carbocycles. The molecule has 5 rings (SSSR count). The summed E-state index contributed by atoms with van der Waals surface area (Å²) in [6.07, 6.45) is 0.626. The molecule has 46 heavy (non-hydrogen) atoms. The first kappa shape index (κ1) is 32.9. The number of carbonyl (C=O) groups is 1. The summed E-state index contributed by atoms with van der Waals surface area (Å²) in [6, 6.07) is 20.5. The van der Waals surface area contributed by atoms with Crippen molar-refractivity contribution < 1.29 is 30.6 Å². The number of nitrogens with zero attached hydrogens (tertiary/aromatic N) is 2. The van der Waals surface area contributed by atoms with Crippen molar-refractivity contribution in [3.05, 3.63) is 89.8 Å². The number of rotatable bonds is 11. The van der Waals surface area contributed by atoms with Gasteiger partial charge in [-0.25, -0.2) is 21.4 Å². The maximum atomic E-state index is 13.3. The predicted octanol–water partition coefficient (Wildman–Crippen LogP) is 5.38. The number of sulfonamides is 1. The van der Waals surface area contributed by atoms with Gasteiger partial charge in [0.2, 0.25) is 5.36 Å². The molecule has 0 saturated heterocycles. The van der Waals surface area contributed by atoms with Gasteiger partial charge in [-0.1, -0.05) is 6.07 Å². The summed E-state index contributed by atoms with van der Waals surface area (Å²) in [6.45, 7) is 11.2. The molecule has 1 N–H and O–H groups in total. The summed E-state index contributed by atoms with van der Waals surface area (Å²) in [7, 11) is -9.48. The van der Waals surface area contributed by atoms with Gasteiger partial charge in [0.1, 0.15) is 40.8 Å². The first-order chi connectivity index (χ1) is 21.9. The summed E-state index contributed by atoms with van der Waals surface area (Å²) in [5, 5.41) is 1.48. The van der Waals surface area contributed by atoms with E-state index >= 15 is 0 Å². The van der Waals surface area contributed by atoms with Crippen molar-refractivity contribution in [2.24, 2.45) is 0 Å². The third-order valence-corrected chi connectivity index (χ3v) is 10.3. The van der Waals surface area contributed by atoms with Crippen molar-refractivity contribution >= 4 is 48.8 Å². The quantitative estimate of drug-likeness (QED) is 0.0862. The van der Waals surface area contributed by atoms with Crippen LogP contribution in [0.15, 0.2) is 93.1 Å². The molecule has 12 heteroatoms. The minimum Gasteiger partial charge on any atom is -0.744 e. The summed E-state index contributed by atoms with van der Waals surface area (Å²) >= 11 is 0. The molecule has 3 aromatic rings. The lowest BCUT2D eigenvalue weighted by Crippen LogP contribution is -2.29. The van der Waals surface area contributed by atoms with Gasteiger partial charge in [-0.05, 0) is 82.3 Å². The Morgan fingerprint density at radius 1 is 0.826 bits per heavy atom. The second-order valence-electron chi connectivity index (χ2n) is 10.6. The monoisotopic (exact) mass is 661 g/mol. The molecular weight excluding hydrogens is 627 g/mol. The molecule has 2 aliphatic rings. The molecule has 10 nitrogen and oxygen atoms in total. The number of aldehydes is 1. The molecule has 0 radical (unpaired) electrons. The Labute approximate surface area is 268 Å². The predicted molar refractivity (Wildman–Crippen MR) is 179 cm³/mol. The van der Waals surface area contributed by atoms with Gasteiger partial charge in [-0.3, -0.25) is 9.52 Å². The van der Waals surface area contributed by atoms with E-state index in [2.05, 4.69) is 14.2 Å². The number of hydrogen-bond acceptors (Lipinski definition) is 8. The molecule has 0 aromatic heterocycles. The van der Waals surface area contributed by atoms with Crippen LogP contribution in [0.1, 0.15) is 38.1 Å². The van der Waals surface area contributed by atoms with E-state index in [1.165, 1.54) is 36.4 Å². The average Bonchev–Trinajstić information content (AvgIpc) is 3.04. The summed E-state index contributed by atoms with van der Waals surface area (Å²) in [5.74, 6) is 0.481. The van der Waals surface area contributed by atoms with Crippen LogP contribution in [0.5, 0.6) is 0 Å². The van der Waals surface area contributed by atoms with Crippen molar-refractivity contribution in [2.75, 3.05) is 35.8 Å². The Kier molecular flexibility index (Phi) is 9.34. The van der Waals surface area contributed by atoms with Crippen LogP contribution in [0.4, 0.5) is 11.4 Å². The van der Waals surface area contributed by atoms with E-state index in [1.54, 1.807) is 0 Å². The van der Waals surface area contributed by atoms with Crippen molar-refractivity contribution in [1.82, 2.24) is 4.58 Å². The lowest BCUT2D eigenvalue weighted by molar-refractivity contribution is 0.112. The van der Waals surface area contributed by atoms with E-state index < -0.39 is 29.9 Å². The second-order valence-corrected chi connectivity index (χ2v) is 13.7. The minimum atomic E-state index is -5.17. The van der Waals surface area contributed by atoms with E-state index in [9.17, 15) is 26.2 Å². The van der Waals surface area contributed by atoms with Crippen LogP contribution in [-0.2, 0) is 20.1 Å². The molecule has 1 aliphatic heterocycles. The van der Waals surface area contributed by atoms with Crippen LogP contribution in [0.25, 0.3) is 33.4 Å². The average molecular weight is 662 g/mol. The molecule has 0 amide bonds. The van der Waals surface area contributed by atoms with E-state index in [1.807, 2.05) is 64.1 Å². The van der Waals surface area contributed by atoms with Crippen LogP contribution in [0.3, 0.4) is 0 Å². The fraction of sp³-hybridized carbons (Fsp3) is 0.235. The van der Waals surface area contributed by atoms with Crippen LogP contribution >= 0.6 is 0 Å². The van der Waals surface area contributed by atoms with Crippen molar-refractivity contribution in [1.29, 1.82) is 0 Å². The zero-order valence-corrected chi connectivity index (χ0v) is 27.6. The summed E-state index contributed by atoms with van der Waals surface area (Å²) in [4.78, 5) is 12.0. The number of fused-ring (bicyclic) bond motifs is 2. The maximum absolute atomic E-state index is 13.3. The molecule has 1 heterocycles. The molecule has 0 bridgehead atoms. The Balaban J connectivity index is 1.78. The van der Waals surface area contributed by atoms with E-state index in [-0.39, 0.29) is 11.3 Å². The highest BCUT2D eigenvalue weighted by molar-refractivity contribution is 7.92. The third kappa shape index (κ3) is 6.41. The molecule has 0 atom stereocenters. The van der Waals surface area contributed by atoms with Gasteiger partial charge in [0.05, 0.1) is 15.9 Å². The highest BCUT2D eigenvalue weighted by Gasteiger charge is 2.25. The van der Waals surface area contributed by atoms with Crippen LogP contribution in [0, 0.1) is 0 Å². The van der Waals surface area contributed by atoms with Gasteiger partial charge in [0.25, 0.3) is 10.0 Å². The van der Waals surface area contributed by atoms with Gasteiger partial charge in [0.15, 0.2) is 0 Å². The fourth-order valence-corrected chi connectivity index (χ4v) is 7.53. The van der Waals surface area contributed by atoms with Crippen LogP contribution in [-0.4, -0.2) is 53.9 Å². The molecule has 3 aromatic carbocycles. The summed E-state index contributed by atoms with van der Waals surface area (Å²) in [5.41, 5.74) is 2.97. The van der Waals surface area contributed by atoms with E-state index in [4.69, 9.17) is 4.42 Å². The number of benzene rings is 4. The zero-order chi connectivity index (χ0) is 33.2. The first-order valence-electron chi connectivity index (χ1n) is 15.0. The first-order valence-corrected chi connectivity index (χ1v) is 17.8. The molecule has 0 fully saturated rings. The smallest absolute Gasteiger partial charge is 0.261 e. The highest BCUT2D eigenvalue weighted by atomic mass is 32.2. The number of hydrogen-bond donors (Lipinski definition) is 1. The fourth-order valence-electron chi connectivity index (χ4n) is 5.66. The molecular formula is C34H35N3O7S2. The van der Waals surface area contributed by atoms with Gasteiger partial charge in [-0.15, -0.1) is 0 Å². The lowest BCUT2D eigenvalue weighted by Gasteiger charge is -2.23. The lowest BCUT2D eigenvalue weighted by atomic mass is 9.93. The Morgan fingerprint density at radius 2 is 1.50 bits per heavy atom. The second kappa shape index (κ2) is 13.1. The van der Waals surface area contributed by atoms with E-state index in [0.29, 0.717) is 39.7 Å². The van der Waals surface area contributed by atoms with Gasteiger partial charge >= 0.3 is 0 Å². The normalized spacial score (nSPS) is 11.9. The number of anilines is 2. The molecule has 0 unspecified atom stereocenters. The highest BCUT2D eigenvalue weighted by Crippen LogP contribution is 2.43. The number of nitrogens with one attached hydrogen (secondary N) is 1. The standard InChI is InChI=1S/C34H35N3O7S2/c1-5-36(6-2)25-13-16-28-31(19-25)44-32-20-26(37(7-3)8-4)14-17-29(32)34(28)30-18-15-27(21-33(30)46(41,42)43)45(39,40)35-24-11-9-23(22-38)10-12-24/h9-22H,5-8H2,1-4H3,(H-,35,38,41,42,43). The van der Waals surface area contributed by atoms with Crippen LogP contribution < -0.4 is 19.6 Å². The Hall–Kier alpha value is -4.52. The van der Waals surface area contributed by atoms with Gasteiger partial charge < -0.3 is 13.9 Å². The molecule has 240 valence electrons. The topological polar surface area (TPSA) is 140 Å². The van der Waals surface area contributed by atoms with Crippen molar-refractivity contribution in [3.63, 3.8) is 0 Å². The minimum absolute atomic E-state index is 0.0567. The maximum Gasteiger partial charge on any atom is 0.261 e. The largest absolute Gasteiger partial charge is 0.744 e. The van der Waals surface area contributed by atoms with Crippen molar-refractivity contribution in [2.45, 2.75) is 37.5 Å². The Morgan fingerprint density at radius 3 is 2.11 bits per heavy atom. The Bertz CT molecular complexity index is 2180. The number of carbonyl (C=O) groups excluding carboxylic acids is 1. The third-order valence-electron chi connectivity index (χ3n) is 8.05. The van der Waals surface area contributed by atoms with Crippen LogP contribution in [0.2, 0.25) is 0 Å². The molecule has 0 saturated carbocycles. The van der Waals surface area contributed by atoms with Gasteiger partial charge in [-0.2, -0.15) is 0 Å². The summed E-state index contributed by atoms with van der Waals surface area (Å²) < 4.78 is 76.0. The SMILES string of the molecule is CCN(CC)c1ccc2c(-c3ccc(S(=O)(=O)Nc4ccc(C=O)cc4)cc3S(=O)(=O)[O-])c3ccc(=[N+](CC)CC)cc-3oc2c1.